The van der Waals surface area contributed by atoms with E-state index >= 15 is 0 Å². The SMILES string of the molecule is Cc1cc2c(cc1NN)Oc1cc(NN)c(C)cc1C21OC(=O)c2ccccc21. The molecule has 0 atom stereocenters. The quantitative estimate of drug-likeness (QED) is 0.302. The number of hydrazine groups is 2. The third-order valence-corrected chi connectivity index (χ3v) is 5.71. The van der Waals surface area contributed by atoms with Gasteiger partial charge in [0.25, 0.3) is 0 Å². The largest absolute Gasteiger partial charge is 0.456 e. The van der Waals surface area contributed by atoms with Crippen LogP contribution in [0.25, 0.3) is 0 Å². The molecule has 0 fully saturated rings. The highest BCUT2D eigenvalue weighted by Crippen LogP contribution is 2.57. The maximum Gasteiger partial charge on any atom is 0.340 e. The minimum absolute atomic E-state index is 0.364. The average Bonchev–Trinajstić information content (AvgIpc) is 3.02. The molecule has 5 rings (SSSR count). The van der Waals surface area contributed by atoms with Crippen molar-refractivity contribution in [1.82, 2.24) is 0 Å². The highest BCUT2D eigenvalue weighted by atomic mass is 16.6. The molecule has 2 heterocycles. The Balaban J connectivity index is 1.90. The fourth-order valence-electron chi connectivity index (χ4n) is 4.29. The third-order valence-electron chi connectivity index (χ3n) is 5.71. The Bertz CT molecular complexity index is 1130. The Morgan fingerprint density at radius 1 is 0.828 bits per heavy atom. The molecule has 3 aromatic carbocycles. The minimum atomic E-state index is -1.10. The van der Waals surface area contributed by atoms with Crippen molar-refractivity contribution in [2.24, 2.45) is 11.7 Å². The molecule has 0 unspecified atom stereocenters. The van der Waals surface area contributed by atoms with Crippen LogP contribution < -0.4 is 27.3 Å². The lowest BCUT2D eigenvalue weighted by molar-refractivity contribution is 0.0224. The molecule has 2 aliphatic rings. The maximum atomic E-state index is 12.8. The van der Waals surface area contributed by atoms with Crippen LogP contribution in [0, 0.1) is 13.8 Å². The fraction of sp³-hybridized carbons (Fsp3) is 0.136. The average molecular weight is 388 g/mol. The molecule has 0 bridgehead atoms. The Morgan fingerprint density at radius 3 is 1.93 bits per heavy atom. The fourth-order valence-corrected chi connectivity index (χ4v) is 4.29. The van der Waals surface area contributed by atoms with E-state index in [-0.39, 0.29) is 5.97 Å². The Labute approximate surface area is 167 Å². The van der Waals surface area contributed by atoms with Gasteiger partial charge in [0.2, 0.25) is 0 Å². The normalized spacial score (nSPS) is 15.1. The van der Waals surface area contributed by atoms with Gasteiger partial charge in [-0.05, 0) is 43.2 Å². The van der Waals surface area contributed by atoms with E-state index in [0.29, 0.717) is 17.1 Å². The van der Waals surface area contributed by atoms with E-state index in [4.69, 9.17) is 21.2 Å². The third kappa shape index (κ3) is 2.22. The smallest absolute Gasteiger partial charge is 0.340 e. The van der Waals surface area contributed by atoms with Crippen LogP contribution in [0.4, 0.5) is 11.4 Å². The van der Waals surface area contributed by atoms with E-state index in [2.05, 4.69) is 10.9 Å². The summed E-state index contributed by atoms with van der Waals surface area (Å²) in [6.45, 7) is 3.88. The van der Waals surface area contributed by atoms with Crippen molar-refractivity contribution in [3.05, 3.63) is 81.9 Å². The number of hydrogen-bond acceptors (Lipinski definition) is 7. The summed E-state index contributed by atoms with van der Waals surface area (Å²) in [5, 5.41) is 0. The monoisotopic (exact) mass is 388 g/mol. The summed E-state index contributed by atoms with van der Waals surface area (Å²) in [5.74, 6) is 12.1. The van der Waals surface area contributed by atoms with E-state index in [9.17, 15) is 4.79 Å². The molecular formula is C22H20N4O3. The van der Waals surface area contributed by atoms with Crippen LogP contribution in [-0.4, -0.2) is 5.97 Å². The van der Waals surface area contributed by atoms with Gasteiger partial charge in [-0.1, -0.05) is 18.2 Å². The molecule has 2 aliphatic heterocycles. The van der Waals surface area contributed by atoms with Gasteiger partial charge in [0.15, 0.2) is 5.60 Å². The number of hydrogen-bond donors (Lipinski definition) is 4. The van der Waals surface area contributed by atoms with E-state index in [1.165, 1.54) is 0 Å². The first-order valence-corrected chi connectivity index (χ1v) is 9.23. The van der Waals surface area contributed by atoms with E-state index in [0.717, 1.165) is 39.2 Å². The Morgan fingerprint density at radius 2 is 1.38 bits per heavy atom. The van der Waals surface area contributed by atoms with Gasteiger partial charge in [-0.15, -0.1) is 0 Å². The number of esters is 1. The predicted molar refractivity (Wildman–Crippen MR) is 110 cm³/mol. The molecule has 0 saturated heterocycles. The second-order valence-corrected chi connectivity index (χ2v) is 7.33. The van der Waals surface area contributed by atoms with Gasteiger partial charge in [-0.2, -0.15) is 0 Å². The van der Waals surface area contributed by atoms with Gasteiger partial charge in [0.1, 0.15) is 11.5 Å². The molecule has 0 radical (unpaired) electrons. The van der Waals surface area contributed by atoms with Crippen LogP contribution in [-0.2, 0) is 10.3 Å². The van der Waals surface area contributed by atoms with Gasteiger partial charge < -0.3 is 20.3 Å². The zero-order valence-corrected chi connectivity index (χ0v) is 16.0. The van der Waals surface area contributed by atoms with Crippen molar-refractivity contribution < 1.29 is 14.3 Å². The second kappa shape index (κ2) is 5.97. The minimum Gasteiger partial charge on any atom is -0.456 e. The first-order valence-electron chi connectivity index (χ1n) is 9.23. The van der Waals surface area contributed by atoms with Gasteiger partial charge in [-0.25, -0.2) is 4.79 Å². The lowest BCUT2D eigenvalue weighted by atomic mass is 9.76. The molecule has 3 aromatic rings. The zero-order valence-electron chi connectivity index (χ0n) is 16.0. The van der Waals surface area contributed by atoms with Crippen LogP contribution in [0.1, 0.15) is 38.2 Å². The number of aryl methyl sites for hydroxylation is 2. The lowest BCUT2D eigenvalue weighted by Gasteiger charge is -2.37. The molecule has 7 nitrogen and oxygen atoms in total. The lowest BCUT2D eigenvalue weighted by Crippen LogP contribution is -2.33. The summed E-state index contributed by atoms with van der Waals surface area (Å²) >= 11 is 0. The van der Waals surface area contributed by atoms with Gasteiger partial charge >= 0.3 is 5.97 Å². The van der Waals surface area contributed by atoms with E-state index in [1.807, 2.05) is 56.3 Å². The molecule has 0 saturated carbocycles. The predicted octanol–water partition coefficient (Wildman–Crippen LogP) is 3.44. The van der Waals surface area contributed by atoms with Crippen molar-refractivity contribution in [3.8, 4) is 11.5 Å². The molecule has 6 N–H and O–H groups in total. The number of ether oxygens (including phenoxy) is 2. The van der Waals surface area contributed by atoms with Crippen molar-refractivity contribution in [2.45, 2.75) is 19.4 Å². The topological polar surface area (TPSA) is 112 Å². The van der Waals surface area contributed by atoms with Gasteiger partial charge in [-0.3, -0.25) is 11.7 Å². The molecule has 0 aliphatic carbocycles. The van der Waals surface area contributed by atoms with Gasteiger partial charge in [0.05, 0.1) is 16.9 Å². The van der Waals surface area contributed by atoms with Crippen LogP contribution in [0.2, 0.25) is 0 Å². The number of fused-ring (bicyclic) bond motifs is 6. The van der Waals surface area contributed by atoms with Gasteiger partial charge in [0, 0.05) is 28.8 Å². The number of nitrogens with two attached hydrogens (primary N) is 2. The highest BCUT2D eigenvalue weighted by Gasteiger charge is 2.53. The molecular weight excluding hydrogens is 368 g/mol. The number of anilines is 2. The highest BCUT2D eigenvalue weighted by molar-refractivity contribution is 5.97. The molecule has 7 heteroatoms. The van der Waals surface area contributed by atoms with Crippen molar-refractivity contribution in [3.63, 3.8) is 0 Å². The Kier molecular flexibility index (Phi) is 3.61. The van der Waals surface area contributed by atoms with Crippen LogP contribution in [0.3, 0.4) is 0 Å². The standard InChI is InChI=1S/C22H20N4O3/c1-11-7-15-19(9-17(11)25-23)28-20-10-18(26-24)12(2)8-16(20)22(15)14-6-4-3-5-13(14)21(27)29-22/h3-10,25-26H,23-24H2,1-2H3. The second-order valence-electron chi connectivity index (χ2n) is 7.33. The van der Waals surface area contributed by atoms with E-state index in [1.54, 1.807) is 6.07 Å². The number of carbonyl (C=O) groups excluding carboxylic acids is 1. The van der Waals surface area contributed by atoms with E-state index < -0.39 is 5.60 Å². The number of nitrogens with one attached hydrogen (secondary N) is 2. The number of carbonyl (C=O) groups is 1. The summed E-state index contributed by atoms with van der Waals surface area (Å²) < 4.78 is 12.4. The summed E-state index contributed by atoms with van der Waals surface area (Å²) in [7, 11) is 0. The molecule has 29 heavy (non-hydrogen) atoms. The molecule has 0 aromatic heterocycles. The van der Waals surface area contributed by atoms with Crippen molar-refractivity contribution >= 4 is 17.3 Å². The number of benzene rings is 3. The van der Waals surface area contributed by atoms with Crippen LogP contribution in [0.5, 0.6) is 11.5 Å². The number of rotatable bonds is 2. The van der Waals surface area contributed by atoms with Crippen molar-refractivity contribution in [1.29, 1.82) is 0 Å². The van der Waals surface area contributed by atoms with Crippen LogP contribution in [0.15, 0.2) is 48.5 Å². The summed E-state index contributed by atoms with van der Waals surface area (Å²) in [6, 6.07) is 15.0. The summed E-state index contributed by atoms with van der Waals surface area (Å²) in [4.78, 5) is 12.8. The molecule has 146 valence electrons. The van der Waals surface area contributed by atoms with Crippen molar-refractivity contribution in [2.75, 3.05) is 10.9 Å². The first kappa shape index (κ1) is 17.5. The summed E-state index contributed by atoms with van der Waals surface area (Å²) in [6.07, 6.45) is 0. The molecule has 0 amide bonds. The van der Waals surface area contributed by atoms with Crippen LogP contribution >= 0.6 is 0 Å². The maximum absolute atomic E-state index is 12.8. The molecule has 1 spiro atoms. The first-order chi connectivity index (χ1) is 14.0. The summed E-state index contributed by atoms with van der Waals surface area (Å²) in [5.41, 5.74) is 10.4. The zero-order chi connectivity index (χ0) is 20.3. The Hall–Kier alpha value is -3.55. The number of nitrogen functional groups attached to an aromatic ring is 2.